The smallest absolute Gasteiger partial charge is 0.255 e. The van der Waals surface area contributed by atoms with E-state index >= 15 is 0 Å². The minimum Gasteiger partial charge on any atom is -0.352 e. The van der Waals surface area contributed by atoms with Crippen molar-refractivity contribution in [1.29, 1.82) is 0 Å². The van der Waals surface area contributed by atoms with Crippen LogP contribution in [0.5, 0.6) is 0 Å². The molecule has 1 heterocycles. The highest BCUT2D eigenvalue weighted by molar-refractivity contribution is 6.03. The molecule has 3 aromatic carbocycles. The van der Waals surface area contributed by atoms with E-state index in [2.05, 4.69) is 5.32 Å². The third-order valence-electron chi connectivity index (χ3n) is 4.90. The predicted octanol–water partition coefficient (Wildman–Crippen LogP) is 3.81. The van der Waals surface area contributed by atoms with Crippen molar-refractivity contribution in [2.45, 2.75) is 6.04 Å². The van der Waals surface area contributed by atoms with Crippen molar-refractivity contribution in [2.75, 3.05) is 13.1 Å². The van der Waals surface area contributed by atoms with Gasteiger partial charge in [0, 0.05) is 18.7 Å². The SMILES string of the molecule is O=C1NCCN(C(=O)c2ccccc2-c2ccccc2)[C@H]1c1ccc(F)cc1. The van der Waals surface area contributed by atoms with Crippen LogP contribution in [0, 0.1) is 5.82 Å². The molecule has 2 amide bonds. The zero-order valence-corrected chi connectivity index (χ0v) is 15.1. The van der Waals surface area contributed by atoms with Crippen LogP contribution in [0.15, 0.2) is 78.9 Å². The molecule has 1 aliphatic heterocycles. The van der Waals surface area contributed by atoms with Gasteiger partial charge in [0.2, 0.25) is 5.91 Å². The van der Waals surface area contributed by atoms with E-state index in [9.17, 15) is 14.0 Å². The third-order valence-corrected chi connectivity index (χ3v) is 4.90. The number of piperazine rings is 1. The van der Waals surface area contributed by atoms with E-state index in [0.717, 1.165) is 11.1 Å². The van der Waals surface area contributed by atoms with E-state index in [4.69, 9.17) is 0 Å². The summed E-state index contributed by atoms with van der Waals surface area (Å²) in [4.78, 5) is 27.6. The summed E-state index contributed by atoms with van der Waals surface area (Å²) in [5.41, 5.74) is 2.88. The molecule has 1 N–H and O–H groups in total. The van der Waals surface area contributed by atoms with Gasteiger partial charge in [-0.05, 0) is 34.9 Å². The topological polar surface area (TPSA) is 49.4 Å². The van der Waals surface area contributed by atoms with E-state index in [1.54, 1.807) is 23.1 Å². The Morgan fingerprint density at radius 1 is 0.929 bits per heavy atom. The summed E-state index contributed by atoms with van der Waals surface area (Å²) in [6.45, 7) is 0.769. The molecule has 0 saturated carbocycles. The Morgan fingerprint density at radius 3 is 2.36 bits per heavy atom. The number of hydrogen-bond acceptors (Lipinski definition) is 2. The minimum absolute atomic E-state index is 0.219. The maximum Gasteiger partial charge on any atom is 0.255 e. The van der Waals surface area contributed by atoms with E-state index < -0.39 is 6.04 Å². The van der Waals surface area contributed by atoms with E-state index in [1.807, 2.05) is 48.5 Å². The first-order valence-corrected chi connectivity index (χ1v) is 9.14. The first-order chi connectivity index (χ1) is 13.6. The van der Waals surface area contributed by atoms with Gasteiger partial charge in [0.05, 0.1) is 0 Å². The second-order valence-corrected chi connectivity index (χ2v) is 6.66. The number of rotatable bonds is 3. The van der Waals surface area contributed by atoms with E-state index in [1.165, 1.54) is 12.1 Å². The standard InChI is InChI=1S/C23H19FN2O2/c24-18-12-10-17(11-13-18)21-22(27)25-14-15-26(21)23(28)20-9-5-4-8-19(20)16-6-2-1-3-7-16/h1-13,21H,14-15H2,(H,25,27)/t21-/m0/s1. The van der Waals surface area contributed by atoms with Gasteiger partial charge in [0.25, 0.3) is 5.91 Å². The molecule has 4 rings (SSSR count). The Morgan fingerprint density at radius 2 is 1.61 bits per heavy atom. The summed E-state index contributed by atoms with van der Waals surface area (Å²) < 4.78 is 13.3. The molecule has 1 aliphatic rings. The number of hydrogen-bond donors (Lipinski definition) is 1. The highest BCUT2D eigenvalue weighted by Gasteiger charge is 2.35. The van der Waals surface area contributed by atoms with Gasteiger partial charge in [0.15, 0.2) is 0 Å². The molecule has 5 heteroatoms. The molecule has 28 heavy (non-hydrogen) atoms. The zero-order chi connectivity index (χ0) is 19.5. The van der Waals surface area contributed by atoms with Gasteiger partial charge in [-0.2, -0.15) is 0 Å². The minimum atomic E-state index is -0.786. The molecule has 0 unspecified atom stereocenters. The van der Waals surface area contributed by atoms with Gasteiger partial charge >= 0.3 is 0 Å². The van der Waals surface area contributed by atoms with Crippen molar-refractivity contribution in [3.8, 4) is 11.1 Å². The molecule has 140 valence electrons. The van der Waals surface area contributed by atoms with Crippen LogP contribution in [-0.2, 0) is 4.79 Å². The lowest BCUT2D eigenvalue weighted by Gasteiger charge is -2.35. The summed E-state index contributed by atoms with van der Waals surface area (Å²) in [6.07, 6.45) is 0. The van der Waals surface area contributed by atoms with Crippen molar-refractivity contribution in [1.82, 2.24) is 10.2 Å². The lowest BCUT2D eigenvalue weighted by atomic mass is 9.96. The fourth-order valence-corrected chi connectivity index (χ4v) is 3.56. The average Bonchev–Trinajstić information content (AvgIpc) is 2.74. The first kappa shape index (κ1) is 17.9. The number of nitrogens with zero attached hydrogens (tertiary/aromatic N) is 1. The zero-order valence-electron chi connectivity index (χ0n) is 15.1. The van der Waals surface area contributed by atoms with Gasteiger partial charge in [-0.3, -0.25) is 9.59 Å². The first-order valence-electron chi connectivity index (χ1n) is 9.14. The van der Waals surface area contributed by atoms with Crippen LogP contribution in [0.1, 0.15) is 22.0 Å². The number of carbonyl (C=O) groups excluding carboxylic acids is 2. The number of carbonyl (C=O) groups is 2. The van der Waals surface area contributed by atoms with Gasteiger partial charge < -0.3 is 10.2 Å². The van der Waals surface area contributed by atoms with Crippen molar-refractivity contribution >= 4 is 11.8 Å². The Balaban J connectivity index is 1.74. The highest BCUT2D eigenvalue weighted by atomic mass is 19.1. The molecule has 0 spiro atoms. The number of nitrogens with one attached hydrogen (secondary N) is 1. The van der Waals surface area contributed by atoms with Gasteiger partial charge in [-0.1, -0.05) is 60.7 Å². The van der Waals surface area contributed by atoms with Crippen molar-refractivity contribution in [2.24, 2.45) is 0 Å². The maximum atomic E-state index is 13.5. The van der Waals surface area contributed by atoms with Gasteiger partial charge in [0.1, 0.15) is 11.9 Å². The molecule has 3 aromatic rings. The lowest BCUT2D eigenvalue weighted by Crippen LogP contribution is -2.52. The van der Waals surface area contributed by atoms with Crippen LogP contribution >= 0.6 is 0 Å². The summed E-state index contributed by atoms with van der Waals surface area (Å²) in [5, 5.41) is 2.80. The summed E-state index contributed by atoms with van der Waals surface area (Å²) in [7, 11) is 0. The third kappa shape index (κ3) is 3.39. The van der Waals surface area contributed by atoms with Crippen LogP contribution in [0.3, 0.4) is 0 Å². The average molecular weight is 374 g/mol. The monoisotopic (exact) mass is 374 g/mol. The van der Waals surface area contributed by atoms with Gasteiger partial charge in [-0.25, -0.2) is 4.39 Å². The van der Waals surface area contributed by atoms with Crippen LogP contribution in [0.25, 0.3) is 11.1 Å². The van der Waals surface area contributed by atoms with Crippen LogP contribution in [0.4, 0.5) is 4.39 Å². The number of benzene rings is 3. The molecule has 0 aliphatic carbocycles. The Kier molecular flexibility index (Phi) is 4.89. The molecule has 0 radical (unpaired) electrons. The van der Waals surface area contributed by atoms with Crippen LogP contribution in [-0.4, -0.2) is 29.8 Å². The quantitative estimate of drug-likeness (QED) is 0.758. The Hall–Kier alpha value is -3.47. The van der Waals surface area contributed by atoms with Crippen molar-refractivity contribution < 1.29 is 14.0 Å². The molecular formula is C23H19FN2O2. The molecule has 0 aromatic heterocycles. The fourth-order valence-electron chi connectivity index (χ4n) is 3.56. The molecule has 0 bridgehead atoms. The normalized spacial score (nSPS) is 16.5. The van der Waals surface area contributed by atoms with E-state index in [0.29, 0.717) is 24.2 Å². The number of halogens is 1. The van der Waals surface area contributed by atoms with Crippen LogP contribution in [0.2, 0.25) is 0 Å². The van der Waals surface area contributed by atoms with Crippen LogP contribution < -0.4 is 5.32 Å². The predicted molar refractivity (Wildman–Crippen MR) is 105 cm³/mol. The molecule has 4 nitrogen and oxygen atoms in total. The largest absolute Gasteiger partial charge is 0.352 e. The summed E-state index contributed by atoms with van der Waals surface area (Å²) in [5.74, 6) is -0.862. The molecule has 1 atom stereocenters. The summed E-state index contributed by atoms with van der Waals surface area (Å²) >= 11 is 0. The molecular weight excluding hydrogens is 355 g/mol. The maximum absolute atomic E-state index is 13.5. The van der Waals surface area contributed by atoms with Crippen molar-refractivity contribution in [3.05, 3.63) is 95.8 Å². The van der Waals surface area contributed by atoms with Gasteiger partial charge in [-0.15, -0.1) is 0 Å². The molecule has 1 fully saturated rings. The second-order valence-electron chi connectivity index (χ2n) is 6.66. The summed E-state index contributed by atoms with van der Waals surface area (Å²) in [6, 6.07) is 22.0. The lowest BCUT2D eigenvalue weighted by molar-refractivity contribution is -0.128. The van der Waals surface area contributed by atoms with Crippen molar-refractivity contribution in [3.63, 3.8) is 0 Å². The second kappa shape index (κ2) is 7.64. The highest BCUT2D eigenvalue weighted by Crippen LogP contribution is 2.29. The Labute approximate surface area is 162 Å². The number of amides is 2. The Bertz CT molecular complexity index is 1000. The molecule has 1 saturated heterocycles. The fraction of sp³-hybridized carbons (Fsp3) is 0.130. The van der Waals surface area contributed by atoms with E-state index in [-0.39, 0.29) is 17.6 Å².